The Morgan fingerprint density at radius 2 is 1.76 bits per heavy atom. The van der Waals surface area contributed by atoms with Gasteiger partial charge in [-0.25, -0.2) is 0 Å². The van der Waals surface area contributed by atoms with Crippen LogP contribution in [0.3, 0.4) is 0 Å². The highest BCUT2D eigenvalue weighted by Gasteiger charge is 2.11. The SMILES string of the molecule is NCc1cc(-c2cccs2)[nH]c1-c1cccs1. The number of nitrogens with two attached hydrogens (primary N) is 1. The van der Waals surface area contributed by atoms with Gasteiger partial charge >= 0.3 is 0 Å². The zero-order valence-corrected chi connectivity index (χ0v) is 10.8. The summed E-state index contributed by atoms with van der Waals surface area (Å²) in [5.41, 5.74) is 9.30. The second kappa shape index (κ2) is 4.49. The molecule has 0 amide bonds. The van der Waals surface area contributed by atoms with E-state index in [0.29, 0.717) is 6.54 Å². The second-order valence-electron chi connectivity index (χ2n) is 3.74. The lowest BCUT2D eigenvalue weighted by atomic mass is 10.2. The van der Waals surface area contributed by atoms with Crippen LogP contribution in [-0.2, 0) is 6.54 Å². The molecule has 0 aliphatic carbocycles. The molecule has 0 aromatic carbocycles. The van der Waals surface area contributed by atoms with Crippen molar-refractivity contribution in [3.05, 3.63) is 46.7 Å². The fraction of sp³-hybridized carbons (Fsp3) is 0.0769. The Balaban J connectivity index is 2.10. The third-order valence-electron chi connectivity index (χ3n) is 2.67. The highest BCUT2D eigenvalue weighted by molar-refractivity contribution is 7.14. The number of hydrogen-bond acceptors (Lipinski definition) is 3. The van der Waals surface area contributed by atoms with Gasteiger partial charge in [-0.05, 0) is 34.5 Å². The van der Waals surface area contributed by atoms with E-state index in [2.05, 4.69) is 46.1 Å². The fourth-order valence-corrected chi connectivity index (χ4v) is 3.32. The van der Waals surface area contributed by atoms with Crippen molar-refractivity contribution in [3.63, 3.8) is 0 Å². The van der Waals surface area contributed by atoms with Gasteiger partial charge in [-0.15, -0.1) is 22.7 Å². The van der Waals surface area contributed by atoms with Crippen LogP contribution in [0.2, 0.25) is 0 Å². The molecule has 0 radical (unpaired) electrons. The van der Waals surface area contributed by atoms with Crippen molar-refractivity contribution < 1.29 is 0 Å². The molecule has 0 aliphatic heterocycles. The van der Waals surface area contributed by atoms with Crippen LogP contribution < -0.4 is 5.73 Å². The molecule has 0 spiro atoms. The molecule has 0 bridgehead atoms. The van der Waals surface area contributed by atoms with E-state index in [-0.39, 0.29) is 0 Å². The topological polar surface area (TPSA) is 41.8 Å². The first-order chi connectivity index (χ1) is 8.38. The molecule has 86 valence electrons. The van der Waals surface area contributed by atoms with Crippen LogP contribution in [0.5, 0.6) is 0 Å². The molecule has 0 saturated carbocycles. The van der Waals surface area contributed by atoms with Crippen molar-refractivity contribution in [1.82, 2.24) is 4.98 Å². The van der Waals surface area contributed by atoms with Crippen molar-refractivity contribution in [1.29, 1.82) is 0 Å². The Bertz CT molecular complexity index is 591. The maximum atomic E-state index is 5.81. The lowest BCUT2D eigenvalue weighted by molar-refractivity contribution is 1.08. The summed E-state index contributed by atoms with van der Waals surface area (Å²) in [6.45, 7) is 0.565. The first kappa shape index (κ1) is 10.8. The molecule has 0 saturated heterocycles. The zero-order chi connectivity index (χ0) is 11.7. The molecule has 17 heavy (non-hydrogen) atoms. The van der Waals surface area contributed by atoms with Crippen molar-refractivity contribution >= 4 is 22.7 Å². The molecule has 3 N–H and O–H groups in total. The standard InChI is InChI=1S/C13H12N2S2/c14-8-9-7-10(11-3-1-5-16-11)15-13(9)12-4-2-6-17-12/h1-7,15H,8,14H2. The molecule has 0 unspecified atom stereocenters. The Morgan fingerprint density at radius 1 is 1.06 bits per heavy atom. The molecule has 0 aliphatic rings. The Labute approximate surface area is 108 Å². The summed E-state index contributed by atoms with van der Waals surface area (Å²) in [6, 6.07) is 10.5. The van der Waals surface area contributed by atoms with Gasteiger partial charge in [0.1, 0.15) is 0 Å². The van der Waals surface area contributed by atoms with Gasteiger partial charge < -0.3 is 10.7 Å². The van der Waals surface area contributed by atoms with E-state index in [0.717, 1.165) is 11.4 Å². The van der Waals surface area contributed by atoms with Crippen LogP contribution in [0.25, 0.3) is 21.1 Å². The normalized spacial score (nSPS) is 10.9. The van der Waals surface area contributed by atoms with Gasteiger partial charge in [-0.2, -0.15) is 0 Å². The van der Waals surface area contributed by atoms with Crippen LogP contribution in [0, 0.1) is 0 Å². The molecule has 4 heteroatoms. The largest absolute Gasteiger partial charge is 0.353 e. The summed E-state index contributed by atoms with van der Waals surface area (Å²) in [5, 5.41) is 4.17. The molecular formula is C13H12N2S2. The molecule has 0 atom stereocenters. The summed E-state index contributed by atoms with van der Waals surface area (Å²) in [7, 11) is 0. The van der Waals surface area contributed by atoms with E-state index in [1.54, 1.807) is 22.7 Å². The molecule has 2 nitrogen and oxygen atoms in total. The number of thiophene rings is 2. The first-order valence-electron chi connectivity index (χ1n) is 5.38. The monoisotopic (exact) mass is 260 g/mol. The van der Waals surface area contributed by atoms with Crippen LogP contribution in [0.1, 0.15) is 5.56 Å². The van der Waals surface area contributed by atoms with Gasteiger partial charge in [-0.3, -0.25) is 0 Å². The molecule has 3 rings (SSSR count). The average Bonchev–Trinajstić information content (AvgIpc) is 3.09. The number of hydrogen-bond donors (Lipinski definition) is 2. The smallest absolute Gasteiger partial charge is 0.0605 e. The van der Waals surface area contributed by atoms with Gasteiger partial charge in [0.15, 0.2) is 0 Å². The minimum Gasteiger partial charge on any atom is -0.353 e. The number of aromatic nitrogens is 1. The molecule has 3 aromatic heterocycles. The third kappa shape index (κ3) is 1.95. The van der Waals surface area contributed by atoms with Gasteiger partial charge in [0.05, 0.1) is 21.1 Å². The van der Waals surface area contributed by atoms with Gasteiger partial charge in [0, 0.05) is 6.54 Å². The van der Waals surface area contributed by atoms with Crippen molar-refractivity contribution in [2.75, 3.05) is 0 Å². The number of rotatable bonds is 3. The lowest BCUT2D eigenvalue weighted by Gasteiger charge is -1.97. The van der Waals surface area contributed by atoms with E-state index >= 15 is 0 Å². The van der Waals surface area contributed by atoms with E-state index in [1.807, 2.05) is 0 Å². The first-order valence-corrected chi connectivity index (χ1v) is 7.14. The van der Waals surface area contributed by atoms with Crippen LogP contribution >= 0.6 is 22.7 Å². The fourth-order valence-electron chi connectivity index (χ4n) is 1.86. The Morgan fingerprint density at radius 3 is 2.35 bits per heavy atom. The zero-order valence-electron chi connectivity index (χ0n) is 9.14. The highest BCUT2D eigenvalue weighted by Crippen LogP contribution is 2.32. The van der Waals surface area contributed by atoms with Crippen LogP contribution in [-0.4, -0.2) is 4.98 Å². The number of aromatic amines is 1. The Hall–Kier alpha value is -1.36. The van der Waals surface area contributed by atoms with E-state index < -0.39 is 0 Å². The summed E-state index contributed by atoms with van der Waals surface area (Å²) >= 11 is 3.47. The summed E-state index contributed by atoms with van der Waals surface area (Å²) < 4.78 is 0. The number of H-pyrrole nitrogens is 1. The third-order valence-corrected chi connectivity index (χ3v) is 4.46. The quantitative estimate of drug-likeness (QED) is 0.736. The van der Waals surface area contributed by atoms with E-state index in [1.165, 1.54) is 15.3 Å². The highest BCUT2D eigenvalue weighted by atomic mass is 32.1. The second-order valence-corrected chi connectivity index (χ2v) is 5.64. The minimum atomic E-state index is 0.565. The molecule has 0 fully saturated rings. The maximum Gasteiger partial charge on any atom is 0.0605 e. The van der Waals surface area contributed by atoms with Crippen molar-refractivity contribution in [3.8, 4) is 21.1 Å². The minimum absolute atomic E-state index is 0.565. The van der Waals surface area contributed by atoms with Gasteiger partial charge in [0.2, 0.25) is 0 Å². The average molecular weight is 260 g/mol. The maximum absolute atomic E-state index is 5.81. The van der Waals surface area contributed by atoms with E-state index in [4.69, 9.17) is 5.73 Å². The lowest BCUT2D eigenvalue weighted by Crippen LogP contribution is -1.95. The molecule has 3 heterocycles. The van der Waals surface area contributed by atoms with Crippen LogP contribution in [0.15, 0.2) is 41.1 Å². The summed E-state index contributed by atoms with van der Waals surface area (Å²) in [5.74, 6) is 0. The van der Waals surface area contributed by atoms with Gasteiger partial charge in [0.25, 0.3) is 0 Å². The van der Waals surface area contributed by atoms with Crippen molar-refractivity contribution in [2.24, 2.45) is 5.73 Å². The molecule has 3 aromatic rings. The number of nitrogens with one attached hydrogen (secondary N) is 1. The predicted molar refractivity (Wildman–Crippen MR) is 75.3 cm³/mol. The van der Waals surface area contributed by atoms with Crippen molar-refractivity contribution in [2.45, 2.75) is 6.54 Å². The summed E-state index contributed by atoms with van der Waals surface area (Å²) in [4.78, 5) is 5.97. The predicted octanol–water partition coefficient (Wildman–Crippen LogP) is 3.93. The van der Waals surface area contributed by atoms with Gasteiger partial charge in [-0.1, -0.05) is 12.1 Å². The summed E-state index contributed by atoms with van der Waals surface area (Å²) in [6.07, 6.45) is 0. The molecular weight excluding hydrogens is 248 g/mol. The Kier molecular flexibility index (Phi) is 2.84. The van der Waals surface area contributed by atoms with Crippen LogP contribution in [0.4, 0.5) is 0 Å². The van der Waals surface area contributed by atoms with E-state index in [9.17, 15) is 0 Å².